The van der Waals surface area contributed by atoms with Crippen molar-refractivity contribution in [3.05, 3.63) is 23.8 Å². The first-order valence-electron chi connectivity index (χ1n) is 5.88. The highest BCUT2D eigenvalue weighted by molar-refractivity contribution is 9.09. The lowest BCUT2D eigenvalue weighted by Crippen LogP contribution is -1.95. The summed E-state index contributed by atoms with van der Waals surface area (Å²) in [5, 5.41) is 10.7. The van der Waals surface area contributed by atoms with Crippen molar-refractivity contribution in [3.8, 4) is 5.75 Å². The average molecular weight is 286 g/mol. The lowest BCUT2D eigenvalue weighted by Gasteiger charge is -2.07. The van der Waals surface area contributed by atoms with Crippen LogP contribution in [0.2, 0.25) is 0 Å². The minimum Gasteiger partial charge on any atom is -0.508 e. The topological polar surface area (TPSA) is 46.2 Å². The number of aromatic hydroxyl groups is 1. The molecule has 0 heterocycles. The van der Waals surface area contributed by atoms with Crippen LogP contribution in [-0.2, 0) is 6.42 Å². The van der Waals surface area contributed by atoms with Crippen LogP contribution < -0.4 is 5.73 Å². The Morgan fingerprint density at radius 1 is 1.06 bits per heavy atom. The van der Waals surface area contributed by atoms with Crippen molar-refractivity contribution >= 4 is 21.6 Å². The van der Waals surface area contributed by atoms with Crippen molar-refractivity contribution in [1.29, 1.82) is 0 Å². The monoisotopic (exact) mass is 285 g/mol. The molecule has 0 aliphatic carbocycles. The molecule has 0 aliphatic heterocycles. The fourth-order valence-corrected chi connectivity index (χ4v) is 2.19. The second-order valence-corrected chi connectivity index (χ2v) is 4.84. The molecule has 0 atom stereocenters. The van der Waals surface area contributed by atoms with Crippen LogP contribution in [0.4, 0.5) is 5.69 Å². The first-order chi connectivity index (χ1) is 7.75. The summed E-state index contributed by atoms with van der Waals surface area (Å²) in [5.41, 5.74) is 7.43. The summed E-state index contributed by atoms with van der Waals surface area (Å²) in [6, 6.07) is 5.33. The summed E-state index contributed by atoms with van der Waals surface area (Å²) in [5.74, 6) is 0.334. The van der Waals surface area contributed by atoms with Gasteiger partial charge in [-0.3, -0.25) is 0 Å². The van der Waals surface area contributed by atoms with E-state index < -0.39 is 0 Å². The highest BCUT2D eigenvalue weighted by atomic mass is 79.9. The molecule has 0 unspecified atom stereocenters. The number of anilines is 1. The third-order valence-electron chi connectivity index (χ3n) is 2.75. The molecule has 0 saturated carbocycles. The minimum absolute atomic E-state index is 0.334. The summed E-state index contributed by atoms with van der Waals surface area (Å²) in [6.07, 6.45) is 6.98. The summed E-state index contributed by atoms with van der Waals surface area (Å²) in [6.45, 7) is 0. The Labute approximate surface area is 106 Å². The molecule has 1 rings (SSSR count). The zero-order chi connectivity index (χ0) is 11.8. The van der Waals surface area contributed by atoms with E-state index in [2.05, 4.69) is 15.9 Å². The Hall–Kier alpha value is -0.700. The van der Waals surface area contributed by atoms with Crippen LogP contribution in [0.5, 0.6) is 5.75 Å². The zero-order valence-corrected chi connectivity index (χ0v) is 11.2. The van der Waals surface area contributed by atoms with Crippen molar-refractivity contribution in [2.45, 2.75) is 38.5 Å². The summed E-state index contributed by atoms with van der Waals surface area (Å²) in [4.78, 5) is 0. The van der Waals surface area contributed by atoms with E-state index in [0.29, 0.717) is 11.4 Å². The van der Waals surface area contributed by atoms with E-state index in [0.717, 1.165) is 23.7 Å². The number of rotatable bonds is 7. The van der Waals surface area contributed by atoms with Gasteiger partial charge in [0.2, 0.25) is 0 Å². The van der Waals surface area contributed by atoms with Crippen LogP contribution in [-0.4, -0.2) is 10.4 Å². The van der Waals surface area contributed by atoms with Crippen molar-refractivity contribution in [3.63, 3.8) is 0 Å². The number of benzene rings is 1. The van der Waals surface area contributed by atoms with Crippen LogP contribution in [0.3, 0.4) is 0 Å². The maximum absolute atomic E-state index is 9.65. The second kappa shape index (κ2) is 7.55. The lowest BCUT2D eigenvalue weighted by molar-refractivity contribution is 0.466. The first-order valence-corrected chi connectivity index (χ1v) is 7.00. The minimum atomic E-state index is 0.334. The molecule has 1 aromatic rings. The van der Waals surface area contributed by atoms with Gasteiger partial charge in [-0.1, -0.05) is 41.3 Å². The van der Waals surface area contributed by atoms with Gasteiger partial charge in [-0.25, -0.2) is 0 Å². The molecule has 3 N–H and O–H groups in total. The number of hydrogen-bond donors (Lipinski definition) is 2. The maximum Gasteiger partial charge on any atom is 0.120 e. The van der Waals surface area contributed by atoms with Gasteiger partial charge in [0.25, 0.3) is 0 Å². The Bertz CT molecular complexity index is 295. The smallest absolute Gasteiger partial charge is 0.120 e. The lowest BCUT2D eigenvalue weighted by atomic mass is 10.0. The highest BCUT2D eigenvalue weighted by Crippen LogP contribution is 2.25. The number of halogens is 1. The Morgan fingerprint density at radius 2 is 1.75 bits per heavy atom. The van der Waals surface area contributed by atoms with Crippen LogP contribution in [0.15, 0.2) is 18.2 Å². The van der Waals surface area contributed by atoms with Gasteiger partial charge in [-0.05, 0) is 31.4 Å². The molecule has 90 valence electrons. The van der Waals surface area contributed by atoms with Gasteiger partial charge in [-0.15, -0.1) is 0 Å². The molecule has 3 heteroatoms. The van der Waals surface area contributed by atoms with Crippen molar-refractivity contribution in [1.82, 2.24) is 0 Å². The van der Waals surface area contributed by atoms with Crippen LogP contribution in [0.25, 0.3) is 0 Å². The number of phenols is 1. The third-order valence-corrected chi connectivity index (χ3v) is 3.31. The molecule has 0 spiro atoms. The molecule has 0 radical (unpaired) electrons. The number of nitrogen functional groups attached to an aromatic ring is 1. The van der Waals surface area contributed by atoms with Crippen LogP contribution in [0.1, 0.15) is 37.7 Å². The molecule has 0 bridgehead atoms. The van der Waals surface area contributed by atoms with Gasteiger partial charge in [0.05, 0.1) is 0 Å². The molecule has 16 heavy (non-hydrogen) atoms. The zero-order valence-electron chi connectivity index (χ0n) is 9.58. The fraction of sp³-hybridized carbons (Fsp3) is 0.538. The van der Waals surface area contributed by atoms with E-state index >= 15 is 0 Å². The number of hydrogen-bond acceptors (Lipinski definition) is 2. The number of unbranched alkanes of at least 4 members (excludes halogenated alkanes) is 4. The molecule has 0 fully saturated rings. The second-order valence-electron chi connectivity index (χ2n) is 4.05. The molecule has 0 aliphatic rings. The summed E-state index contributed by atoms with van der Waals surface area (Å²) >= 11 is 3.42. The molecule has 1 aromatic carbocycles. The maximum atomic E-state index is 9.65. The quantitative estimate of drug-likeness (QED) is 0.454. The molecule has 2 nitrogen and oxygen atoms in total. The number of phenolic OH excluding ortho intramolecular Hbond substituents is 1. The van der Waals surface area contributed by atoms with Gasteiger partial charge in [0.1, 0.15) is 5.75 Å². The van der Waals surface area contributed by atoms with Crippen LogP contribution in [0, 0.1) is 0 Å². The molecular weight excluding hydrogens is 266 g/mol. The Kier molecular flexibility index (Phi) is 6.31. The van der Waals surface area contributed by atoms with Crippen molar-refractivity contribution in [2.75, 3.05) is 11.1 Å². The first kappa shape index (κ1) is 13.4. The standard InChI is InChI=1S/C13H20BrNO/c14-10-5-3-1-2-4-7-11-12(15)8-6-9-13(11)16/h6,8-9,16H,1-5,7,10,15H2. The van der Waals surface area contributed by atoms with Crippen LogP contribution >= 0.6 is 15.9 Å². The third kappa shape index (κ3) is 4.44. The van der Waals surface area contributed by atoms with E-state index in [1.54, 1.807) is 12.1 Å². The predicted molar refractivity (Wildman–Crippen MR) is 73.1 cm³/mol. The van der Waals surface area contributed by atoms with E-state index in [1.807, 2.05) is 6.07 Å². The largest absolute Gasteiger partial charge is 0.508 e. The molecule has 0 saturated heterocycles. The van der Waals surface area contributed by atoms with E-state index in [1.165, 1.54) is 25.7 Å². The summed E-state index contributed by atoms with van der Waals surface area (Å²) in [7, 11) is 0. The Balaban J connectivity index is 2.26. The van der Waals surface area contributed by atoms with Gasteiger partial charge < -0.3 is 10.8 Å². The van der Waals surface area contributed by atoms with Gasteiger partial charge in [0, 0.05) is 16.6 Å². The highest BCUT2D eigenvalue weighted by Gasteiger charge is 2.04. The SMILES string of the molecule is Nc1cccc(O)c1CCCCCCCBr. The van der Waals surface area contributed by atoms with Crippen molar-refractivity contribution in [2.24, 2.45) is 0 Å². The van der Waals surface area contributed by atoms with E-state index in [4.69, 9.17) is 5.73 Å². The normalized spacial score (nSPS) is 10.6. The predicted octanol–water partition coefficient (Wildman–Crippen LogP) is 3.86. The summed E-state index contributed by atoms with van der Waals surface area (Å²) < 4.78 is 0. The van der Waals surface area contributed by atoms with Gasteiger partial charge in [0.15, 0.2) is 0 Å². The fourth-order valence-electron chi connectivity index (χ4n) is 1.79. The number of alkyl halides is 1. The van der Waals surface area contributed by atoms with E-state index in [9.17, 15) is 5.11 Å². The number of nitrogens with two attached hydrogens (primary N) is 1. The molecule has 0 amide bonds. The Morgan fingerprint density at radius 3 is 2.44 bits per heavy atom. The molecular formula is C13H20BrNO. The van der Waals surface area contributed by atoms with Crippen molar-refractivity contribution < 1.29 is 5.11 Å². The average Bonchev–Trinajstić information content (AvgIpc) is 2.26. The van der Waals surface area contributed by atoms with Gasteiger partial charge in [-0.2, -0.15) is 0 Å². The van der Waals surface area contributed by atoms with Gasteiger partial charge >= 0.3 is 0 Å². The molecule has 0 aromatic heterocycles. The van der Waals surface area contributed by atoms with E-state index in [-0.39, 0.29) is 0 Å².